The van der Waals surface area contributed by atoms with E-state index in [4.69, 9.17) is 5.14 Å². The van der Waals surface area contributed by atoms with Crippen molar-refractivity contribution in [3.05, 3.63) is 29.1 Å². The molecule has 0 aliphatic carbocycles. The third-order valence-corrected chi connectivity index (χ3v) is 4.26. The Labute approximate surface area is 118 Å². The second kappa shape index (κ2) is 5.88. The monoisotopic (exact) mass is 302 g/mol. The van der Waals surface area contributed by atoms with Crippen molar-refractivity contribution in [2.75, 3.05) is 0 Å². The van der Waals surface area contributed by atoms with E-state index in [0.717, 1.165) is 12.1 Å². The van der Waals surface area contributed by atoms with Crippen molar-refractivity contribution in [1.82, 2.24) is 5.32 Å². The molecule has 1 atom stereocenters. The number of sulfonamides is 1. The Bertz CT molecular complexity index is 627. The Morgan fingerprint density at radius 2 is 1.85 bits per heavy atom. The molecule has 0 spiro atoms. The summed E-state index contributed by atoms with van der Waals surface area (Å²) in [6, 6.07) is 1.98. The van der Waals surface area contributed by atoms with E-state index < -0.39 is 21.7 Å². The van der Waals surface area contributed by atoms with Crippen LogP contribution in [0.2, 0.25) is 0 Å². The third kappa shape index (κ3) is 3.77. The number of carbonyl (C=O) groups is 1. The summed E-state index contributed by atoms with van der Waals surface area (Å²) in [7, 11) is -4.08. The van der Waals surface area contributed by atoms with Gasteiger partial charge in [0, 0.05) is 17.2 Å². The maximum atomic E-state index is 13.7. The molecular weight excluding hydrogens is 283 g/mol. The van der Waals surface area contributed by atoms with Crippen molar-refractivity contribution < 1.29 is 17.6 Å². The van der Waals surface area contributed by atoms with Crippen LogP contribution in [0.15, 0.2) is 17.0 Å². The van der Waals surface area contributed by atoms with Gasteiger partial charge in [-0.15, -0.1) is 0 Å². The number of carbonyl (C=O) groups excluding carboxylic acids is 1. The highest BCUT2D eigenvalue weighted by molar-refractivity contribution is 7.89. The van der Waals surface area contributed by atoms with E-state index in [0.29, 0.717) is 0 Å². The van der Waals surface area contributed by atoms with E-state index in [1.807, 2.05) is 20.8 Å². The summed E-state index contributed by atoms with van der Waals surface area (Å²) in [6.07, 6.45) is 0. The number of hydrogen-bond acceptors (Lipinski definition) is 3. The topological polar surface area (TPSA) is 89.3 Å². The van der Waals surface area contributed by atoms with Crippen molar-refractivity contribution >= 4 is 15.9 Å². The molecule has 112 valence electrons. The summed E-state index contributed by atoms with van der Waals surface area (Å²) in [5.41, 5.74) is -0.161. The Morgan fingerprint density at radius 3 is 2.30 bits per heavy atom. The number of benzene rings is 1. The highest BCUT2D eigenvalue weighted by atomic mass is 32.2. The Kier molecular flexibility index (Phi) is 4.88. The average Bonchev–Trinajstić information content (AvgIpc) is 2.30. The zero-order valence-corrected chi connectivity index (χ0v) is 12.7. The SMILES string of the molecule is Cc1c(F)cc(C(=O)NC(C)C(C)C)cc1S(N)(=O)=O. The number of nitrogens with one attached hydrogen (secondary N) is 1. The van der Waals surface area contributed by atoms with Gasteiger partial charge in [-0.05, 0) is 31.9 Å². The van der Waals surface area contributed by atoms with Crippen LogP contribution >= 0.6 is 0 Å². The molecule has 20 heavy (non-hydrogen) atoms. The van der Waals surface area contributed by atoms with Crippen molar-refractivity contribution in [2.45, 2.75) is 38.6 Å². The highest BCUT2D eigenvalue weighted by Crippen LogP contribution is 2.19. The van der Waals surface area contributed by atoms with Crippen LogP contribution in [-0.4, -0.2) is 20.4 Å². The zero-order valence-electron chi connectivity index (χ0n) is 11.9. The first-order chi connectivity index (χ1) is 9.04. The molecule has 1 aromatic carbocycles. The number of nitrogens with two attached hydrogens (primary N) is 1. The maximum absolute atomic E-state index is 13.7. The number of amides is 1. The Hall–Kier alpha value is -1.47. The molecule has 0 radical (unpaired) electrons. The minimum Gasteiger partial charge on any atom is -0.349 e. The number of rotatable bonds is 4. The Balaban J connectivity index is 3.21. The van der Waals surface area contributed by atoms with Crippen LogP contribution in [0.5, 0.6) is 0 Å². The normalized spacial score (nSPS) is 13.3. The number of hydrogen-bond donors (Lipinski definition) is 2. The van der Waals surface area contributed by atoms with Gasteiger partial charge in [-0.3, -0.25) is 4.79 Å². The summed E-state index contributed by atoms with van der Waals surface area (Å²) in [6.45, 7) is 6.97. The van der Waals surface area contributed by atoms with E-state index in [-0.39, 0.29) is 28.0 Å². The van der Waals surface area contributed by atoms with E-state index in [1.54, 1.807) is 0 Å². The molecular formula is C13H19FN2O3S. The summed E-state index contributed by atoms with van der Waals surface area (Å²) >= 11 is 0. The standard InChI is InChI=1S/C13H19FN2O3S/c1-7(2)9(4)16-13(17)10-5-11(14)8(3)12(6-10)20(15,18)19/h5-7,9H,1-4H3,(H,16,17)(H2,15,18,19). The molecule has 5 nitrogen and oxygen atoms in total. The first-order valence-electron chi connectivity index (χ1n) is 6.18. The fourth-order valence-corrected chi connectivity index (χ4v) is 2.35. The van der Waals surface area contributed by atoms with Crippen LogP contribution in [0, 0.1) is 18.7 Å². The predicted octanol–water partition coefficient (Wildman–Crippen LogP) is 1.56. The summed E-state index contributed by atoms with van der Waals surface area (Å²) in [4.78, 5) is 11.6. The van der Waals surface area contributed by atoms with Crippen LogP contribution < -0.4 is 10.5 Å². The minimum absolute atomic E-state index is 0.0652. The molecule has 0 aliphatic rings. The Morgan fingerprint density at radius 1 is 1.30 bits per heavy atom. The first-order valence-corrected chi connectivity index (χ1v) is 7.72. The third-order valence-electron chi connectivity index (χ3n) is 3.22. The molecule has 7 heteroatoms. The summed E-state index contributed by atoms with van der Waals surface area (Å²) in [5.74, 6) is -1.11. The van der Waals surface area contributed by atoms with Gasteiger partial charge in [0.25, 0.3) is 5.91 Å². The smallest absolute Gasteiger partial charge is 0.251 e. The predicted molar refractivity (Wildman–Crippen MR) is 74.3 cm³/mol. The highest BCUT2D eigenvalue weighted by Gasteiger charge is 2.20. The zero-order chi connectivity index (χ0) is 15.7. The molecule has 1 unspecified atom stereocenters. The molecule has 3 N–H and O–H groups in total. The largest absolute Gasteiger partial charge is 0.349 e. The van der Waals surface area contributed by atoms with Crippen molar-refractivity contribution in [2.24, 2.45) is 11.1 Å². The van der Waals surface area contributed by atoms with Gasteiger partial charge in [-0.25, -0.2) is 17.9 Å². The number of primary sulfonamides is 1. The maximum Gasteiger partial charge on any atom is 0.251 e. The molecule has 0 aromatic heterocycles. The van der Waals surface area contributed by atoms with Gasteiger partial charge >= 0.3 is 0 Å². The lowest BCUT2D eigenvalue weighted by molar-refractivity contribution is 0.0930. The fraction of sp³-hybridized carbons (Fsp3) is 0.462. The van der Waals surface area contributed by atoms with Gasteiger partial charge in [0.1, 0.15) is 5.82 Å². The van der Waals surface area contributed by atoms with Gasteiger partial charge in [-0.2, -0.15) is 0 Å². The molecule has 1 amide bonds. The van der Waals surface area contributed by atoms with Gasteiger partial charge in [0.2, 0.25) is 10.0 Å². The van der Waals surface area contributed by atoms with E-state index >= 15 is 0 Å². The molecule has 0 saturated carbocycles. The van der Waals surface area contributed by atoms with Crippen LogP contribution in [-0.2, 0) is 10.0 Å². The van der Waals surface area contributed by atoms with Crippen molar-refractivity contribution in [3.63, 3.8) is 0 Å². The van der Waals surface area contributed by atoms with Crippen LogP contribution in [0.4, 0.5) is 4.39 Å². The first kappa shape index (κ1) is 16.6. The molecule has 1 aromatic rings. The van der Waals surface area contributed by atoms with Crippen molar-refractivity contribution in [1.29, 1.82) is 0 Å². The minimum atomic E-state index is -4.08. The average molecular weight is 302 g/mol. The summed E-state index contributed by atoms with van der Waals surface area (Å²) in [5, 5.41) is 7.70. The van der Waals surface area contributed by atoms with Gasteiger partial charge in [0.05, 0.1) is 4.90 Å². The number of halogens is 1. The van der Waals surface area contributed by atoms with E-state index in [2.05, 4.69) is 5.32 Å². The van der Waals surface area contributed by atoms with Gasteiger partial charge in [0.15, 0.2) is 0 Å². The lowest BCUT2D eigenvalue weighted by atomic mass is 10.1. The van der Waals surface area contributed by atoms with Gasteiger partial charge in [-0.1, -0.05) is 13.8 Å². The molecule has 0 saturated heterocycles. The second-order valence-corrected chi connectivity index (χ2v) is 6.66. The van der Waals surface area contributed by atoms with Crippen molar-refractivity contribution in [3.8, 4) is 0 Å². The van der Waals surface area contributed by atoms with Crippen LogP contribution in [0.1, 0.15) is 36.7 Å². The van der Waals surface area contributed by atoms with E-state index in [9.17, 15) is 17.6 Å². The van der Waals surface area contributed by atoms with Gasteiger partial charge < -0.3 is 5.32 Å². The van der Waals surface area contributed by atoms with E-state index in [1.165, 1.54) is 6.92 Å². The van der Waals surface area contributed by atoms with Crippen LogP contribution in [0.25, 0.3) is 0 Å². The molecule has 0 aliphatic heterocycles. The molecule has 0 fully saturated rings. The molecule has 0 heterocycles. The van der Waals surface area contributed by atoms with Crippen LogP contribution in [0.3, 0.4) is 0 Å². The lowest BCUT2D eigenvalue weighted by Crippen LogP contribution is -2.36. The second-order valence-electron chi connectivity index (χ2n) is 5.13. The quantitative estimate of drug-likeness (QED) is 0.884. The fourth-order valence-electron chi connectivity index (χ4n) is 1.54. The summed E-state index contributed by atoms with van der Waals surface area (Å²) < 4.78 is 36.5. The lowest BCUT2D eigenvalue weighted by Gasteiger charge is -2.18. The molecule has 1 rings (SSSR count). The molecule has 0 bridgehead atoms.